The highest BCUT2D eigenvalue weighted by Crippen LogP contribution is 2.25. The van der Waals surface area contributed by atoms with Crippen molar-refractivity contribution in [3.8, 4) is 0 Å². The Kier molecular flexibility index (Phi) is 8.36. The molecule has 0 aliphatic heterocycles. The molecule has 0 bridgehead atoms. The first-order valence-electron chi connectivity index (χ1n) is 10.4. The van der Waals surface area contributed by atoms with E-state index in [0.717, 1.165) is 11.1 Å². The van der Waals surface area contributed by atoms with Crippen LogP contribution in [0.3, 0.4) is 0 Å². The van der Waals surface area contributed by atoms with E-state index in [1.807, 2.05) is 24.3 Å². The van der Waals surface area contributed by atoms with Crippen LogP contribution in [0.2, 0.25) is 0 Å². The third kappa shape index (κ3) is 7.19. The maximum absolute atomic E-state index is 12.3. The second kappa shape index (κ2) is 10.6. The standard InChI is InChI=1S/C25H32O6/c1-16(2)18-8-12-20(13-9-18)22(26)28-30-24(25(5,6)7)31-29-23(27)21-14-10-19(11-15-21)17(3)4/h8-17,24H,1-7H3. The van der Waals surface area contributed by atoms with Crippen molar-refractivity contribution in [1.82, 2.24) is 0 Å². The molecule has 0 fully saturated rings. The summed E-state index contributed by atoms with van der Waals surface area (Å²) in [5.41, 5.74) is 2.28. The molecule has 0 radical (unpaired) electrons. The molecule has 2 aromatic rings. The molecule has 0 aliphatic rings. The van der Waals surface area contributed by atoms with Crippen molar-refractivity contribution in [3.05, 3.63) is 70.8 Å². The zero-order valence-corrected chi connectivity index (χ0v) is 19.3. The predicted molar refractivity (Wildman–Crippen MR) is 117 cm³/mol. The Hall–Kier alpha value is -2.70. The summed E-state index contributed by atoms with van der Waals surface area (Å²) in [6.45, 7) is 13.7. The summed E-state index contributed by atoms with van der Waals surface area (Å²) in [4.78, 5) is 44.8. The first-order chi connectivity index (χ1) is 14.5. The minimum absolute atomic E-state index is 0.347. The fourth-order valence-corrected chi connectivity index (χ4v) is 2.58. The normalized spacial score (nSPS) is 11.8. The van der Waals surface area contributed by atoms with Crippen molar-refractivity contribution in [1.29, 1.82) is 0 Å². The summed E-state index contributed by atoms with van der Waals surface area (Å²) >= 11 is 0. The molecule has 168 valence electrons. The van der Waals surface area contributed by atoms with Crippen LogP contribution in [0.15, 0.2) is 48.5 Å². The van der Waals surface area contributed by atoms with Gasteiger partial charge in [-0.05, 0) is 47.2 Å². The minimum Gasteiger partial charge on any atom is -0.290 e. The Bertz CT molecular complexity index is 793. The lowest BCUT2D eigenvalue weighted by Gasteiger charge is -2.26. The Morgan fingerprint density at radius 2 is 0.968 bits per heavy atom. The fourth-order valence-electron chi connectivity index (χ4n) is 2.58. The maximum Gasteiger partial charge on any atom is 0.373 e. The molecule has 6 heteroatoms. The first-order valence-corrected chi connectivity index (χ1v) is 10.4. The van der Waals surface area contributed by atoms with Gasteiger partial charge in [-0.15, -0.1) is 9.78 Å². The van der Waals surface area contributed by atoms with E-state index >= 15 is 0 Å². The van der Waals surface area contributed by atoms with Crippen LogP contribution in [0.4, 0.5) is 0 Å². The van der Waals surface area contributed by atoms with E-state index in [1.165, 1.54) is 0 Å². The summed E-state index contributed by atoms with van der Waals surface area (Å²) in [5.74, 6) is -0.611. The average Bonchev–Trinajstić information content (AvgIpc) is 2.72. The van der Waals surface area contributed by atoms with E-state index in [4.69, 9.17) is 19.6 Å². The molecule has 2 rings (SSSR count). The molecule has 0 unspecified atom stereocenters. The summed E-state index contributed by atoms with van der Waals surface area (Å²) in [6, 6.07) is 14.2. The van der Waals surface area contributed by atoms with E-state index < -0.39 is 23.6 Å². The highest BCUT2D eigenvalue weighted by Gasteiger charge is 2.32. The SMILES string of the molecule is CC(C)c1ccc(C(=O)OOC(OOC(=O)c2ccc(C(C)C)cc2)C(C)(C)C)cc1. The number of carbonyl (C=O) groups is 2. The van der Waals surface area contributed by atoms with Gasteiger partial charge in [0.1, 0.15) is 0 Å². The van der Waals surface area contributed by atoms with Crippen LogP contribution >= 0.6 is 0 Å². The monoisotopic (exact) mass is 428 g/mol. The Balaban J connectivity index is 1.95. The molecule has 0 atom stereocenters. The van der Waals surface area contributed by atoms with Crippen LogP contribution < -0.4 is 0 Å². The largest absolute Gasteiger partial charge is 0.373 e. The summed E-state index contributed by atoms with van der Waals surface area (Å²) in [6.07, 6.45) is -1.12. The molecule has 0 saturated heterocycles. The Morgan fingerprint density at radius 1 is 0.645 bits per heavy atom. The lowest BCUT2D eigenvalue weighted by molar-refractivity contribution is -0.442. The summed E-state index contributed by atoms with van der Waals surface area (Å²) in [7, 11) is 0. The van der Waals surface area contributed by atoms with Crippen molar-refractivity contribution >= 4 is 11.9 Å². The van der Waals surface area contributed by atoms with Crippen LogP contribution in [0, 0.1) is 5.41 Å². The number of carbonyl (C=O) groups excluding carboxylic acids is 2. The second-order valence-electron chi connectivity index (χ2n) is 9.19. The lowest BCUT2D eigenvalue weighted by Crippen LogP contribution is -2.34. The smallest absolute Gasteiger partial charge is 0.290 e. The molecule has 0 heterocycles. The van der Waals surface area contributed by atoms with Gasteiger partial charge in [0.05, 0.1) is 11.1 Å². The summed E-state index contributed by atoms with van der Waals surface area (Å²) < 4.78 is 0. The topological polar surface area (TPSA) is 71.1 Å². The van der Waals surface area contributed by atoms with Gasteiger partial charge in [0.15, 0.2) is 0 Å². The minimum atomic E-state index is -1.12. The molecule has 0 N–H and O–H groups in total. The van der Waals surface area contributed by atoms with Gasteiger partial charge in [0.2, 0.25) is 0 Å². The number of rotatable bonds is 8. The van der Waals surface area contributed by atoms with E-state index in [1.54, 1.807) is 45.0 Å². The zero-order valence-electron chi connectivity index (χ0n) is 19.3. The van der Waals surface area contributed by atoms with E-state index in [-0.39, 0.29) is 0 Å². The number of benzene rings is 2. The molecular formula is C25H32O6. The van der Waals surface area contributed by atoms with Crippen LogP contribution in [0.25, 0.3) is 0 Å². The van der Waals surface area contributed by atoms with E-state index in [2.05, 4.69) is 27.7 Å². The van der Waals surface area contributed by atoms with E-state index in [9.17, 15) is 9.59 Å². The molecule has 0 amide bonds. The molecule has 0 saturated carbocycles. The summed E-state index contributed by atoms with van der Waals surface area (Å²) in [5, 5.41) is 0. The van der Waals surface area contributed by atoms with Crippen LogP contribution in [0.1, 0.15) is 92.1 Å². The zero-order chi connectivity index (χ0) is 23.2. The van der Waals surface area contributed by atoms with Crippen molar-refractivity contribution in [2.75, 3.05) is 0 Å². The molecule has 0 spiro atoms. The van der Waals surface area contributed by atoms with Gasteiger partial charge >= 0.3 is 11.9 Å². The number of hydrogen-bond donors (Lipinski definition) is 0. The first kappa shape index (κ1) is 24.6. The van der Waals surface area contributed by atoms with Gasteiger partial charge < -0.3 is 0 Å². The quantitative estimate of drug-likeness (QED) is 0.284. The molecular weight excluding hydrogens is 396 g/mol. The predicted octanol–water partition coefficient (Wildman–Crippen LogP) is 6.18. The third-order valence-electron chi connectivity index (χ3n) is 4.76. The van der Waals surface area contributed by atoms with Crippen LogP contribution in [0.5, 0.6) is 0 Å². The molecule has 31 heavy (non-hydrogen) atoms. The Labute approximate surface area is 184 Å². The van der Waals surface area contributed by atoms with Gasteiger partial charge in [-0.25, -0.2) is 9.59 Å². The van der Waals surface area contributed by atoms with Gasteiger partial charge in [0, 0.05) is 5.41 Å². The van der Waals surface area contributed by atoms with Crippen molar-refractivity contribution < 1.29 is 29.1 Å². The van der Waals surface area contributed by atoms with Crippen LogP contribution in [-0.2, 0) is 19.6 Å². The third-order valence-corrected chi connectivity index (χ3v) is 4.76. The fraction of sp³-hybridized carbons (Fsp3) is 0.440. The highest BCUT2D eigenvalue weighted by atomic mass is 17.3. The van der Waals surface area contributed by atoms with Gasteiger partial charge in [-0.1, -0.05) is 72.7 Å². The Morgan fingerprint density at radius 3 is 1.23 bits per heavy atom. The van der Waals surface area contributed by atoms with Gasteiger partial charge in [-0.2, -0.15) is 0 Å². The molecule has 2 aromatic carbocycles. The van der Waals surface area contributed by atoms with Gasteiger partial charge in [0.25, 0.3) is 6.29 Å². The number of hydrogen-bond acceptors (Lipinski definition) is 6. The van der Waals surface area contributed by atoms with E-state index in [0.29, 0.717) is 23.0 Å². The molecule has 0 aromatic heterocycles. The van der Waals surface area contributed by atoms with Crippen LogP contribution in [-0.4, -0.2) is 18.2 Å². The molecule has 0 aliphatic carbocycles. The van der Waals surface area contributed by atoms with Crippen molar-refractivity contribution in [2.45, 2.75) is 66.6 Å². The maximum atomic E-state index is 12.3. The van der Waals surface area contributed by atoms with Gasteiger partial charge in [-0.3, -0.25) is 9.78 Å². The highest BCUT2D eigenvalue weighted by molar-refractivity contribution is 5.89. The van der Waals surface area contributed by atoms with Crippen molar-refractivity contribution in [3.63, 3.8) is 0 Å². The average molecular weight is 429 g/mol. The van der Waals surface area contributed by atoms with Crippen molar-refractivity contribution in [2.24, 2.45) is 5.41 Å². The molecule has 6 nitrogen and oxygen atoms in total. The second-order valence-corrected chi connectivity index (χ2v) is 9.19. The lowest BCUT2D eigenvalue weighted by atomic mass is 9.96.